The molecule has 0 aliphatic carbocycles. The van der Waals surface area contributed by atoms with Crippen molar-refractivity contribution in [3.05, 3.63) is 64.1 Å². The molecule has 0 atom stereocenters. The van der Waals surface area contributed by atoms with E-state index in [2.05, 4.69) is 21.2 Å². The number of hydrogen-bond acceptors (Lipinski definition) is 3. The largest absolute Gasteiger partial charge is 0.325 e. The average molecular weight is 411 g/mol. The van der Waals surface area contributed by atoms with Crippen LogP contribution in [0.2, 0.25) is 0 Å². The lowest BCUT2D eigenvalue weighted by atomic mass is 10.2. The Morgan fingerprint density at radius 3 is 2.21 bits per heavy atom. The van der Waals surface area contributed by atoms with Crippen LogP contribution < -0.4 is 5.32 Å². The molecule has 2 aromatic carbocycles. The van der Waals surface area contributed by atoms with E-state index >= 15 is 0 Å². The number of carbonyl (C=O) groups excluding carboxylic acids is 1. The van der Waals surface area contributed by atoms with Crippen molar-refractivity contribution in [1.29, 1.82) is 0 Å². The Hall–Kier alpha value is -1.70. The lowest BCUT2D eigenvalue weighted by Crippen LogP contribution is -2.36. The van der Waals surface area contributed by atoms with E-state index in [1.807, 2.05) is 43.3 Å². The summed E-state index contributed by atoms with van der Waals surface area (Å²) >= 11 is 3.34. The molecule has 2 aromatic rings. The van der Waals surface area contributed by atoms with Crippen LogP contribution in [0.15, 0.2) is 53.0 Å². The van der Waals surface area contributed by atoms with Crippen molar-refractivity contribution in [3.63, 3.8) is 0 Å². The summed E-state index contributed by atoms with van der Waals surface area (Å²) in [6, 6.07) is 14.6. The molecule has 0 saturated heterocycles. The minimum Gasteiger partial charge on any atom is -0.325 e. The zero-order chi connectivity index (χ0) is 17.7. The molecule has 1 N–H and O–H groups in total. The van der Waals surface area contributed by atoms with Crippen LogP contribution in [0.3, 0.4) is 0 Å². The van der Waals surface area contributed by atoms with E-state index in [1.165, 1.54) is 0 Å². The van der Waals surface area contributed by atoms with Crippen LogP contribution in [-0.4, -0.2) is 31.4 Å². The van der Waals surface area contributed by atoms with E-state index in [-0.39, 0.29) is 19.0 Å². The van der Waals surface area contributed by atoms with Gasteiger partial charge in [0.05, 0.1) is 12.8 Å². The molecule has 5 nitrogen and oxygen atoms in total. The molecular formula is C17H19BrN2O3S. The normalized spacial score (nSPS) is 11.5. The Labute approximate surface area is 150 Å². The third-order valence-corrected chi connectivity index (χ3v) is 5.12. The Kier molecular flexibility index (Phi) is 6.15. The van der Waals surface area contributed by atoms with Gasteiger partial charge in [0.15, 0.2) is 0 Å². The SMILES string of the molecule is Cc1ccc(NC(=O)CN(Cc2ccc(Br)cc2)S(C)(=O)=O)cc1. The fourth-order valence-electron chi connectivity index (χ4n) is 2.08. The summed E-state index contributed by atoms with van der Waals surface area (Å²) in [7, 11) is -3.51. The second-order valence-electron chi connectivity index (χ2n) is 5.57. The summed E-state index contributed by atoms with van der Waals surface area (Å²) in [6.45, 7) is 1.87. The molecule has 0 fully saturated rings. The van der Waals surface area contributed by atoms with Gasteiger partial charge in [0.2, 0.25) is 15.9 Å². The maximum absolute atomic E-state index is 12.2. The number of sulfonamides is 1. The summed E-state index contributed by atoms with van der Waals surface area (Å²) in [6.07, 6.45) is 1.10. The summed E-state index contributed by atoms with van der Waals surface area (Å²) in [5.74, 6) is -0.374. The number of nitrogens with zero attached hydrogens (tertiary/aromatic N) is 1. The molecule has 0 spiro atoms. The highest BCUT2D eigenvalue weighted by Crippen LogP contribution is 2.14. The van der Waals surface area contributed by atoms with Gasteiger partial charge in [0.1, 0.15) is 0 Å². The number of nitrogens with one attached hydrogen (secondary N) is 1. The smallest absolute Gasteiger partial charge is 0.239 e. The third kappa shape index (κ3) is 5.74. The van der Waals surface area contributed by atoms with Crippen molar-refractivity contribution in [1.82, 2.24) is 4.31 Å². The molecule has 128 valence electrons. The highest BCUT2D eigenvalue weighted by atomic mass is 79.9. The van der Waals surface area contributed by atoms with Gasteiger partial charge in [0, 0.05) is 16.7 Å². The molecule has 0 bridgehead atoms. The molecule has 0 radical (unpaired) electrons. The van der Waals surface area contributed by atoms with Crippen molar-refractivity contribution in [2.75, 3.05) is 18.1 Å². The standard InChI is InChI=1S/C17H19BrN2O3S/c1-13-3-9-16(10-4-13)19-17(21)12-20(24(2,22)23)11-14-5-7-15(18)8-6-14/h3-10H,11-12H2,1-2H3,(H,19,21). The van der Waals surface area contributed by atoms with Crippen LogP contribution in [0.4, 0.5) is 5.69 Å². The van der Waals surface area contributed by atoms with Gasteiger partial charge in [-0.05, 0) is 36.8 Å². The van der Waals surface area contributed by atoms with Gasteiger partial charge >= 0.3 is 0 Å². The monoisotopic (exact) mass is 410 g/mol. The summed E-state index contributed by atoms with van der Waals surface area (Å²) in [4.78, 5) is 12.2. The molecule has 0 aromatic heterocycles. The molecule has 0 heterocycles. The van der Waals surface area contributed by atoms with E-state index in [0.717, 1.165) is 26.2 Å². The minimum atomic E-state index is -3.51. The van der Waals surface area contributed by atoms with E-state index in [4.69, 9.17) is 0 Å². The highest BCUT2D eigenvalue weighted by Gasteiger charge is 2.20. The van der Waals surface area contributed by atoms with Gasteiger partial charge in [-0.1, -0.05) is 45.8 Å². The van der Waals surface area contributed by atoms with Crippen LogP contribution in [-0.2, 0) is 21.4 Å². The predicted octanol–water partition coefficient (Wildman–Crippen LogP) is 3.16. The first kappa shape index (κ1) is 18.6. The molecule has 0 aliphatic heterocycles. The molecule has 0 aliphatic rings. The molecule has 1 amide bonds. The lowest BCUT2D eigenvalue weighted by molar-refractivity contribution is -0.116. The van der Waals surface area contributed by atoms with Gasteiger partial charge < -0.3 is 5.32 Å². The van der Waals surface area contributed by atoms with Crippen LogP contribution in [0.1, 0.15) is 11.1 Å². The zero-order valence-corrected chi connectivity index (χ0v) is 15.9. The predicted molar refractivity (Wildman–Crippen MR) is 99.2 cm³/mol. The van der Waals surface area contributed by atoms with Crippen molar-refractivity contribution in [2.45, 2.75) is 13.5 Å². The number of carbonyl (C=O) groups is 1. The Morgan fingerprint density at radius 1 is 1.08 bits per heavy atom. The summed E-state index contributed by atoms with van der Waals surface area (Å²) in [5, 5.41) is 2.71. The van der Waals surface area contributed by atoms with Gasteiger partial charge in [-0.25, -0.2) is 8.42 Å². The summed E-state index contributed by atoms with van der Waals surface area (Å²) in [5.41, 5.74) is 2.54. The van der Waals surface area contributed by atoms with E-state index in [0.29, 0.717) is 5.69 Å². The topological polar surface area (TPSA) is 66.5 Å². The highest BCUT2D eigenvalue weighted by molar-refractivity contribution is 9.10. The van der Waals surface area contributed by atoms with Gasteiger partial charge in [0.25, 0.3) is 0 Å². The molecule has 2 rings (SSSR count). The summed E-state index contributed by atoms with van der Waals surface area (Å²) < 4.78 is 26.0. The number of hydrogen-bond donors (Lipinski definition) is 1. The zero-order valence-electron chi connectivity index (χ0n) is 13.5. The second kappa shape index (κ2) is 7.92. The Bertz CT molecular complexity index is 803. The maximum Gasteiger partial charge on any atom is 0.239 e. The average Bonchev–Trinajstić information content (AvgIpc) is 2.50. The lowest BCUT2D eigenvalue weighted by Gasteiger charge is -2.19. The molecule has 24 heavy (non-hydrogen) atoms. The number of rotatable bonds is 6. The van der Waals surface area contributed by atoms with Crippen LogP contribution in [0.5, 0.6) is 0 Å². The molecule has 0 unspecified atom stereocenters. The quantitative estimate of drug-likeness (QED) is 0.794. The van der Waals surface area contributed by atoms with Crippen LogP contribution >= 0.6 is 15.9 Å². The van der Waals surface area contributed by atoms with Crippen molar-refractivity contribution >= 4 is 37.5 Å². The first-order valence-corrected chi connectivity index (χ1v) is 9.94. The first-order chi connectivity index (χ1) is 11.2. The Morgan fingerprint density at radius 2 is 1.67 bits per heavy atom. The van der Waals surface area contributed by atoms with Crippen LogP contribution in [0.25, 0.3) is 0 Å². The van der Waals surface area contributed by atoms with Crippen molar-refractivity contribution in [3.8, 4) is 0 Å². The van der Waals surface area contributed by atoms with Crippen LogP contribution in [0, 0.1) is 6.92 Å². The molecular weight excluding hydrogens is 392 g/mol. The Balaban J connectivity index is 2.06. The molecule has 7 heteroatoms. The minimum absolute atomic E-state index is 0.146. The molecule has 0 saturated carbocycles. The number of halogens is 1. The first-order valence-electron chi connectivity index (χ1n) is 7.30. The number of aryl methyl sites for hydroxylation is 1. The van der Waals surface area contributed by atoms with E-state index < -0.39 is 10.0 Å². The van der Waals surface area contributed by atoms with E-state index in [9.17, 15) is 13.2 Å². The fraction of sp³-hybridized carbons (Fsp3) is 0.235. The van der Waals surface area contributed by atoms with Gasteiger partial charge in [-0.2, -0.15) is 4.31 Å². The fourth-order valence-corrected chi connectivity index (χ4v) is 3.08. The van der Waals surface area contributed by atoms with Gasteiger partial charge in [-0.15, -0.1) is 0 Å². The number of anilines is 1. The maximum atomic E-state index is 12.2. The van der Waals surface area contributed by atoms with Gasteiger partial charge in [-0.3, -0.25) is 4.79 Å². The number of benzene rings is 2. The van der Waals surface area contributed by atoms with E-state index in [1.54, 1.807) is 12.1 Å². The van der Waals surface area contributed by atoms with Crippen molar-refractivity contribution < 1.29 is 13.2 Å². The van der Waals surface area contributed by atoms with Crippen molar-refractivity contribution in [2.24, 2.45) is 0 Å². The third-order valence-electron chi connectivity index (χ3n) is 3.40. The second-order valence-corrected chi connectivity index (χ2v) is 8.47. The number of amides is 1.